The van der Waals surface area contributed by atoms with Gasteiger partial charge in [-0.25, -0.2) is 4.79 Å². The second kappa shape index (κ2) is 13.7. The second-order valence-corrected chi connectivity index (χ2v) is 9.50. The number of benzene rings is 2. The Bertz CT molecular complexity index is 1230. The standard InChI is InChI=1S/C28H32N2O7S/c1-4-35-24(31)15-14-21(38)17-37-28(32)25-18(2)29-19(3)27(30(33)34)26(25)22-12-8-9-13-23(22)36-16-20-10-6-5-7-11-20/h5-13,21,26,29,38H,4,14-17H2,1-3H3. The fourth-order valence-electron chi connectivity index (χ4n) is 4.23. The first-order valence-electron chi connectivity index (χ1n) is 12.3. The van der Waals surface area contributed by atoms with E-state index in [0.717, 1.165) is 5.56 Å². The summed E-state index contributed by atoms with van der Waals surface area (Å²) >= 11 is 4.42. The SMILES string of the molecule is CCOC(=O)CCC(S)COC(=O)C1=C(C)NC(C)=C([N+](=O)[O-])C1c1ccccc1OCc1ccccc1. The van der Waals surface area contributed by atoms with Crippen molar-refractivity contribution in [2.24, 2.45) is 0 Å². The third-order valence-electron chi connectivity index (χ3n) is 6.00. The van der Waals surface area contributed by atoms with E-state index in [1.807, 2.05) is 30.3 Å². The highest BCUT2D eigenvalue weighted by Gasteiger charge is 2.42. The van der Waals surface area contributed by atoms with E-state index in [0.29, 0.717) is 29.1 Å². The minimum absolute atomic E-state index is 0.0759. The van der Waals surface area contributed by atoms with E-state index in [2.05, 4.69) is 17.9 Å². The molecule has 38 heavy (non-hydrogen) atoms. The number of esters is 2. The quantitative estimate of drug-likeness (QED) is 0.169. The molecule has 1 heterocycles. The molecule has 0 aromatic heterocycles. The van der Waals surface area contributed by atoms with Gasteiger partial charge < -0.3 is 19.5 Å². The number of dihydropyridines is 1. The van der Waals surface area contributed by atoms with Gasteiger partial charge in [0, 0.05) is 22.9 Å². The molecule has 0 spiro atoms. The molecule has 2 aromatic carbocycles. The number of nitro groups is 1. The predicted octanol–water partition coefficient (Wildman–Crippen LogP) is 4.92. The third-order valence-corrected chi connectivity index (χ3v) is 6.41. The highest BCUT2D eigenvalue weighted by Crippen LogP contribution is 2.42. The molecule has 3 rings (SSSR count). The van der Waals surface area contributed by atoms with Gasteiger partial charge in [0.05, 0.1) is 22.8 Å². The van der Waals surface area contributed by atoms with Gasteiger partial charge in [-0.15, -0.1) is 0 Å². The van der Waals surface area contributed by atoms with E-state index in [4.69, 9.17) is 14.2 Å². The van der Waals surface area contributed by atoms with Crippen molar-refractivity contribution in [3.05, 3.63) is 98.5 Å². The summed E-state index contributed by atoms with van der Waals surface area (Å²) in [4.78, 5) is 36.7. The van der Waals surface area contributed by atoms with Crippen LogP contribution in [0.5, 0.6) is 5.75 Å². The molecule has 0 radical (unpaired) electrons. The van der Waals surface area contributed by atoms with Gasteiger partial charge >= 0.3 is 11.9 Å². The van der Waals surface area contributed by atoms with Crippen LogP contribution in [0.15, 0.2) is 77.3 Å². The lowest BCUT2D eigenvalue weighted by Crippen LogP contribution is -2.32. The van der Waals surface area contributed by atoms with Crippen molar-refractivity contribution in [1.29, 1.82) is 0 Å². The van der Waals surface area contributed by atoms with E-state index in [1.54, 1.807) is 45.0 Å². The Balaban J connectivity index is 1.87. The summed E-state index contributed by atoms with van der Waals surface area (Å²) in [6, 6.07) is 16.5. The van der Waals surface area contributed by atoms with Crippen LogP contribution in [0.1, 0.15) is 50.7 Å². The molecule has 1 N–H and O–H groups in total. The molecule has 2 unspecified atom stereocenters. The molecule has 10 heteroatoms. The van der Waals surface area contributed by atoms with Crippen LogP contribution < -0.4 is 10.1 Å². The van der Waals surface area contributed by atoms with E-state index in [-0.39, 0.29) is 43.5 Å². The molecule has 202 valence electrons. The van der Waals surface area contributed by atoms with Crippen LogP contribution in [-0.4, -0.2) is 35.3 Å². The third kappa shape index (κ3) is 7.38. The summed E-state index contributed by atoms with van der Waals surface area (Å²) in [5, 5.41) is 14.8. The summed E-state index contributed by atoms with van der Waals surface area (Å²) in [6.07, 6.45) is 0.495. The van der Waals surface area contributed by atoms with Gasteiger partial charge in [0.2, 0.25) is 0 Å². The molecule has 0 saturated carbocycles. The molecule has 2 aromatic rings. The zero-order chi connectivity index (χ0) is 27.7. The van der Waals surface area contributed by atoms with Gasteiger partial charge in [-0.05, 0) is 38.8 Å². The highest BCUT2D eigenvalue weighted by molar-refractivity contribution is 7.81. The summed E-state index contributed by atoms with van der Waals surface area (Å²) in [7, 11) is 0. The number of carbonyl (C=O) groups is 2. The van der Waals surface area contributed by atoms with Crippen LogP contribution in [0.2, 0.25) is 0 Å². The average Bonchev–Trinajstić information content (AvgIpc) is 2.89. The van der Waals surface area contributed by atoms with E-state index < -0.39 is 22.1 Å². The Morgan fingerprint density at radius 1 is 1.05 bits per heavy atom. The minimum Gasteiger partial charge on any atom is -0.489 e. The highest BCUT2D eigenvalue weighted by atomic mass is 32.1. The molecule has 1 aliphatic heterocycles. The summed E-state index contributed by atoms with van der Waals surface area (Å²) in [5.41, 5.74) is 2.14. The van der Waals surface area contributed by atoms with Gasteiger partial charge in [-0.2, -0.15) is 12.6 Å². The minimum atomic E-state index is -1.02. The number of rotatable bonds is 12. The van der Waals surface area contributed by atoms with Crippen molar-refractivity contribution in [3.63, 3.8) is 0 Å². The van der Waals surface area contributed by atoms with Gasteiger partial charge in [-0.1, -0.05) is 48.5 Å². The molecule has 0 fully saturated rings. The molecule has 9 nitrogen and oxygen atoms in total. The van der Waals surface area contributed by atoms with Crippen molar-refractivity contribution in [2.45, 2.75) is 51.4 Å². The van der Waals surface area contributed by atoms with Crippen molar-refractivity contribution in [1.82, 2.24) is 5.32 Å². The predicted molar refractivity (Wildman–Crippen MR) is 145 cm³/mol. The number of carbonyl (C=O) groups excluding carboxylic acids is 2. The first-order chi connectivity index (χ1) is 18.2. The van der Waals surface area contributed by atoms with Crippen molar-refractivity contribution in [2.75, 3.05) is 13.2 Å². The van der Waals surface area contributed by atoms with Gasteiger partial charge in [-0.3, -0.25) is 14.9 Å². The lowest BCUT2D eigenvalue weighted by atomic mass is 9.83. The van der Waals surface area contributed by atoms with Crippen LogP contribution >= 0.6 is 12.6 Å². The Hall–Kier alpha value is -3.79. The second-order valence-electron chi connectivity index (χ2n) is 8.77. The van der Waals surface area contributed by atoms with Crippen LogP contribution in [-0.2, 0) is 25.7 Å². The molecule has 0 bridgehead atoms. The smallest absolute Gasteiger partial charge is 0.337 e. The van der Waals surface area contributed by atoms with Crippen molar-refractivity contribution in [3.8, 4) is 5.75 Å². The van der Waals surface area contributed by atoms with E-state index in [9.17, 15) is 19.7 Å². The van der Waals surface area contributed by atoms with E-state index in [1.165, 1.54) is 0 Å². The normalized spacial score (nSPS) is 15.9. The zero-order valence-corrected chi connectivity index (χ0v) is 22.5. The first kappa shape index (κ1) is 28.8. The number of nitrogens with one attached hydrogen (secondary N) is 1. The van der Waals surface area contributed by atoms with Crippen LogP contribution in [0.3, 0.4) is 0 Å². The maximum absolute atomic E-state index is 13.4. The molecular formula is C28H32N2O7S. The lowest BCUT2D eigenvalue weighted by molar-refractivity contribution is -0.431. The maximum atomic E-state index is 13.4. The van der Waals surface area contributed by atoms with Crippen molar-refractivity contribution < 1.29 is 28.7 Å². The summed E-state index contributed by atoms with van der Waals surface area (Å²) < 4.78 is 16.5. The number of thiol groups is 1. The van der Waals surface area contributed by atoms with Crippen LogP contribution in [0.25, 0.3) is 0 Å². The van der Waals surface area contributed by atoms with Gasteiger partial charge in [0.1, 0.15) is 24.9 Å². The summed E-state index contributed by atoms with van der Waals surface area (Å²) in [6.45, 7) is 5.47. The average molecular weight is 541 g/mol. The summed E-state index contributed by atoms with van der Waals surface area (Å²) in [5.74, 6) is -1.66. The number of ether oxygens (including phenoxy) is 3. The molecule has 0 saturated heterocycles. The molecule has 0 aliphatic carbocycles. The first-order valence-corrected chi connectivity index (χ1v) is 12.8. The largest absolute Gasteiger partial charge is 0.489 e. The molecule has 0 amide bonds. The topological polar surface area (TPSA) is 117 Å². The number of para-hydroxylation sites is 1. The lowest BCUT2D eigenvalue weighted by Gasteiger charge is -2.28. The van der Waals surface area contributed by atoms with E-state index >= 15 is 0 Å². The molecule has 2 atom stereocenters. The van der Waals surface area contributed by atoms with Gasteiger partial charge in [0.15, 0.2) is 0 Å². The van der Waals surface area contributed by atoms with Crippen molar-refractivity contribution >= 4 is 24.6 Å². The number of hydrogen-bond acceptors (Lipinski definition) is 9. The van der Waals surface area contributed by atoms with Crippen LogP contribution in [0.4, 0.5) is 0 Å². The Morgan fingerprint density at radius 3 is 2.42 bits per heavy atom. The zero-order valence-electron chi connectivity index (χ0n) is 21.6. The molecule has 1 aliphatic rings. The fraction of sp³-hybridized carbons (Fsp3) is 0.357. The fourth-order valence-corrected chi connectivity index (χ4v) is 4.44. The number of hydrogen-bond donors (Lipinski definition) is 2. The maximum Gasteiger partial charge on any atom is 0.337 e. The number of nitrogens with zero attached hydrogens (tertiary/aromatic N) is 1. The Kier molecular flexibility index (Phi) is 10.3. The monoisotopic (exact) mass is 540 g/mol. The Morgan fingerprint density at radius 2 is 1.74 bits per heavy atom. The van der Waals surface area contributed by atoms with Crippen LogP contribution in [0, 0.1) is 10.1 Å². The number of allylic oxidation sites excluding steroid dienone is 3. The Labute approximate surface area is 227 Å². The van der Waals surface area contributed by atoms with Gasteiger partial charge in [0.25, 0.3) is 5.70 Å². The molecular weight excluding hydrogens is 508 g/mol.